The van der Waals surface area contributed by atoms with Crippen molar-refractivity contribution in [3.05, 3.63) is 49.6 Å². The Morgan fingerprint density at radius 1 is 1.45 bits per heavy atom. The zero-order chi connectivity index (χ0) is 27.4. The van der Waals surface area contributed by atoms with E-state index in [1.54, 1.807) is 18.5 Å². The highest BCUT2D eigenvalue weighted by molar-refractivity contribution is 8.06. The summed E-state index contributed by atoms with van der Waals surface area (Å²) in [6.45, 7) is 1.26. The minimum Gasteiger partial charge on any atom is -0.477 e. The van der Waals surface area contributed by atoms with Crippen molar-refractivity contribution in [3.63, 3.8) is 0 Å². The molecule has 202 valence electrons. The molecule has 2 aliphatic heterocycles. The van der Waals surface area contributed by atoms with E-state index in [-0.39, 0.29) is 33.2 Å². The van der Waals surface area contributed by atoms with Crippen LogP contribution in [0.5, 0.6) is 0 Å². The number of nitrogens with two attached hydrogens (primary N) is 2. The smallest absolute Gasteiger partial charge is 0.353 e. The Labute approximate surface area is 233 Å². The molecule has 1 fully saturated rings. The molecule has 0 radical (unpaired) electrons. The number of hydrogen-bond acceptors (Lipinski definition) is 13. The molecule has 38 heavy (non-hydrogen) atoms. The summed E-state index contributed by atoms with van der Waals surface area (Å²) in [5, 5.41) is 14.6. The molecule has 2 aromatic rings. The summed E-state index contributed by atoms with van der Waals surface area (Å²) >= 11 is 9.39. The van der Waals surface area contributed by atoms with Gasteiger partial charge in [-0.3, -0.25) is 19.5 Å². The van der Waals surface area contributed by atoms with Gasteiger partial charge in [-0.25, -0.2) is 9.78 Å². The third-order valence-corrected chi connectivity index (χ3v) is 9.29. The first-order valence-electron chi connectivity index (χ1n) is 11.1. The lowest BCUT2D eigenvalue weighted by atomic mass is 10.0. The van der Waals surface area contributed by atoms with Crippen LogP contribution in [0.2, 0.25) is 4.34 Å². The van der Waals surface area contributed by atoms with Gasteiger partial charge >= 0.3 is 5.97 Å². The standard InChI is InChI=1S/C21H22ClN7O6S3/c22-16-12(27-21(24)38-16)13(28-34)17(30)26-14-18(31)29-15(20(32)33)11(8-36-19(14)29)37-10-2-4-25-6-9(10)7-35-5-1-3-23/h2,4,6,13-14,19H,1,3,5,7-8,23H2,(H2,24,27)(H,26,30)(H,32,33)/t13?,14-,19+/m1/s1. The molecule has 0 aromatic carbocycles. The number of fused-ring (bicyclic) bond motifs is 1. The van der Waals surface area contributed by atoms with E-state index in [9.17, 15) is 24.4 Å². The van der Waals surface area contributed by atoms with Crippen LogP contribution < -0.4 is 16.8 Å². The molecule has 3 atom stereocenters. The summed E-state index contributed by atoms with van der Waals surface area (Å²) in [6.07, 6.45) is 3.94. The molecule has 4 heterocycles. The van der Waals surface area contributed by atoms with Crippen LogP contribution in [0.15, 0.2) is 39.1 Å². The number of thioether (sulfide) groups is 2. The fourth-order valence-corrected chi connectivity index (χ4v) is 7.27. The minimum absolute atomic E-state index is 0.0360. The second kappa shape index (κ2) is 12.4. The highest BCUT2D eigenvalue weighted by Crippen LogP contribution is 2.46. The molecule has 13 nitrogen and oxygen atoms in total. The SMILES string of the molecule is NCCCOCc1cnccc1SC1=C(C(=O)O)N2C(=O)[C@@H](NC(=O)C(N=O)c3nc(N)sc3Cl)[C@@H]2SC1. The summed E-state index contributed by atoms with van der Waals surface area (Å²) in [4.78, 5) is 59.7. The number of hydrogen-bond donors (Lipinski definition) is 4. The van der Waals surface area contributed by atoms with E-state index in [2.05, 4.69) is 20.5 Å². The Morgan fingerprint density at radius 2 is 2.24 bits per heavy atom. The number of β-lactam (4-membered cyclic amide) rings is 1. The first kappa shape index (κ1) is 28.3. The summed E-state index contributed by atoms with van der Waals surface area (Å²) in [6, 6.07) is -0.913. The number of ether oxygens (including phenoxy) is 1. The molecule has 1 unspecified atom stereocenters. The van der Waals surface area contributed by atoms with Gasteiger partial charge in [-0.1, -0.05) is 34.7 Å². The Morgan fingerprint density at radius 3 is 2.89 bits per heavy atom. The molecule has 0 aliphatic carbocycles. The lowest BCUT2D eigenvalue weighted by Gasteiger charge is -2.49. The molecular weight excluding hydrogens is 578 g/mol. The highest BCUT2D eigenvalue weighted by atomic mass is 35.5. The Hall–Kier alpha value is -2.76. The average Bonchev–Trinajstić information content (AvgIpc) is 3.23. The summed E-state index contributed by atoms with van der Waals surface area (Å²) < 4.78 is 5.66. The lowest BCUT2D eigenvalue weighted by Crippen LogP contribution is -2.70. The Bertz CT molecular complexity index is 1290. The van der Waals surface area contributed by atoms with Crippen LogP contribution in [-0.4, -0.2) is 68.1 Å². The van der Waals surface area contributed by atoms with Gasteiger partial charge in [0.05, 0.1) is 6.61 Å². The molecule has 17 heteroatoms. The van der Waals surface area contributed by atoms with Crippen LogP contribution in [-0.2, 0) is 25.7 Å². The third kappa shape index (κ3) is 5.79. The van der Waals surface area contributed by atoms with E-state index in [0.29, 0.717) is 24.5 Å². The molecular formula is C21H22ClN7O6S3. The number of carbonyl (C=O) groups excluding carboxylic acids is 2. The van der Waals surface area contributed by atoms with Crippen molar-refractivity contribution in [2.45, 2.75) is 35.4 Å². The zero-order valence-electron chi connectivity index (χ0n) is 19.5. The highest BCUT2D eigenvalue weighted by Gasteiger charge is 2.55. The molecule has 0 saturated carbocycles. The number of nitroso groups, excluding NO2 is 1. The fraction of sp³-hybridized carbons (Fsp3) is 0.381. The van der Waals surface area contributed by atoms with Crippen LogP contribution in [0.25, 0.3) is 0 Å². The van der Waals surface area contributed by atoms with Gasteiger partial charge in [-0.05, 0) is 24.2 Å². The number of amides is 2. The van der Waals surface area contributed by atoms with Gasteiger partial charge in [0, 0.05) is 40.1 Å². The normalized spacial score (nSPS) is 19.5. The number of carbonyl (C=O) groups is 3. The number of rotatable bonds is 12. The molecule has 1 saturated heterocycles. The van der Waals surface area contributed by atoms with Crippen molar-refractivity contribution < 1.29 is 24.2 Å². The number of nitrogen functional groups attached to an aromatic ring is 1. The van der Waals surface area contributed by atoms with E-state index in [1.165, 1.54) is 23.5 Å². The summed E-state index contributed by atoms with van der Waals surface area (Å²) in [5.74, 6) is -2.52. The van der Waals surface area contributed by atoms with Crippen molar-refractivity contribution >= 4 is 69.4 Å². The second-order valence-corrected chi connectivity index (χ2v) is 11.8. The minimum atomic E-state index is -1.61. The van der Waals surface area contributed by atoms with E-state index in [0.717, 1.165) is 26.7 Å². The van der Waals surface area contributed by atoms with E-state index in [1.807, 2.05) is 0 Å². The topological polar surface area (TPSA) is 203 Å². The second-order valence-electron chi connectivity index (χ2n) is 7.97. The maximum atomic E-state index is 13.0. The van der Waals surface area contributed by atoms with Crippen LogP contribution in [0, 0.1) is 4.91 Å². The van der Waals surface area contributed by atoms with E-state index >= 15 is 0 Å². The van der Waals surface area contributed by atoms with Gasteiger partial charge in [0.15, 0.2) is 5.13 Å². The number of thiazole rings is 1. The molecule has 2 amide bonds. The first-order chi connectivity index (χ1) is 18.3. The molecule has 6 N–H and O–H groups in total. The quantitative estimate of drug-likeness (QED) is 0.157. The molecule has 0 spiro atoms. The number of aromatic nitrogens is 2. The predicted octanol–water partition coefficient (Wildman–Crippen LogP) is 1.94. The van der Waals surface area contributed by atoms with Crippen LogP contribution in [0.3, 0.4) is 0 Å². The van der Waals surface area contributed by atoms with Crippen molar-refractivity contribution in [1.82, 2.24) is 20.2 Å². The van der Waals surface area contributed by atoms with Gasteiger partial charge in [0.1, 0.15) is 27.1 Å². The number of anilines is 1. The lowest BCUT2D eigenvalue weighted by molar-refractivity contribution is -0.150. The van der Waals surface area contributed by atoms with Gasteiger partial charge in [0.2, 0.25) is 6.04 Å². The third-order valence-electron chi connectivity index (χ3n) is 5.51. The van der Waals surface area contributed by atoms with E-state index < -0.39 is 35.2 Å². The monoisotopic (exact) mass is 599 g/mol. The zero-order valence-corrected chi connectivity index (χ0v) is 22.7. The fourth-order valence-electron chi connectivity index (χ4n) is 3.74. The number of nitrogens with one attached hydrogen (secondary N) is 1. The number of nitrogens with zero attached hydrogens (tertiary/aromatic N) is 4. The van der Waals surface area contributed by atoms with Crippen LogP contribution in [0.4, 0.5) is 5.13 Å². The van der Waals surface area contributed by atoms with Crippen LogP contribution in [0.1, 0.15) is 23.7 Å². The van der Waals surface area contributed by atoms with Gasteiger partial charge in [0.25, 0.3) is 11.8 Å². The average molecular weight is 600 g/mol. The molecule has 4 rings (SSSR count). The molecule has 2 aliphatic rings. The Balaban J connectivity index is 1.50. The summed E-state index contributed by atoms with van der Waals surface area (Å²) in [5.41, 5.74) is 11.6. The molecule has 0 bridgehead atoms. The molecule has 2 aromatic heterocycles. The Kier molecular flexibility index (Phi) is 9.22. The van der Waals surface area contributed by atoms with Gasteiger partial charge in [-0.15, -0.1) is 16.7 Å². The predicted molar refractivity (Wildman–Crippen MR) is 143 cm³/mol. The van der Waals surface area contributed by atoms with Crippen molar-refractivity contribution in [2.24, 2.45) is 10.9 Å². The first-order valence-corrected chi connectivity index (χ1v) is 14.2. The van der Waals surface area contributed by atoms with E-state index in [4.69, 9.17) is 27.8 Å². The largest absolute Gasteiger partial charge is 0.477 e. The number of carboxylic acids is 1. The number of pyridine rings is 1. The number of halogens is 1. The number of aliphatic carboxylic acids is 1. The maximum Gasteiger partial charge on any atom is 0.353 e. The number of carboxylic acid groups (broad SMARTS) is 1. The van der Waals surface area contributed by atoms with Crippen LogP contribution >= 0.6 is 46.5 Å². The van der Waals surface area contributed by atoms with Crippen molar-refractivity contribution in [3.8, 4) is 0 Å². The summed E-state index contributed by atoms with van der Waals surface area (Å²) in [7, 11) is 0. The van der Waals surface area contributed by atoms with Gasteiger partial charge in [-0.2, -0.15) is 0 Å². The maximum absolute atomic E-state index is 13.0. The van der Waals surface area contributed by atoms with Crippen molar-refractivity contribution in [2.75, 3.05) is 24.6 Å². The van der Waals surface area contributed by atoms with Gasteiger partial charge < -0.3 is 26.6 Å². The van der Waals surface area contributed by atoms with Crippen molar-refractivity contribution in [1.29, 1.82) is 0 Å².